The summed E-state index contributed by atoms with van der Waals surface area (Å²) in [4.78, 5) is 11.8. The Morgan fingerprint density at radius 2 is 1.96 bits per heavy atom. The maximum Gasteiger partial charge on any atom is 0.573 e. The molecule has 0 radical (unpaired) electrons. The maximum absolute atomic E-state index is 12.1. The van der Waals surface area contributed by atoms with Gasteiger partial charge in [0.25, 0.3) is 0 Å². The van der Waals surface area contributed by atoms with Crippen LogP contribution in [0.25, 0.3) is 0 Å². The summed E-state index contributed by atoms with van der Waals surface area (Å²) in [6, 6.07) is 4.45. The first-order chi connectivity index (χ1) is 10.7. The first-order valence-corrected chi connectivity index (χ1v) is 7.29. The topological polar surface area (TPSA) is 70.6 Å². The standard InChI is InChI=1S/C15H19F3N2O3/c1-10(20-13(21)19-9-14(22)7-2-8-14)11-3-5-12(6-4-11)23-15(16,17)18/h3-6,10,22H,2,7-9H2,1H3,(H2,19,20,21). The van der Waals surface area contributed by atoms with Gasteiger partial charge in [-0.1, -0.05) is 12.1 Å². The molecule has 0 aromatic heterocycles. The van der Waals surface area contributed by atoms with E-state index in [0.717, 1.165) is 6.42 Å². The van der Waals surface area contributed by atoms with Crippen molar-refractivity contribution in [3.63, 3.8) is 0 Å². The van der Waals surface area contributed by atoms with Gasteiger partial charge in [-0.3, -0.25) is 0 Å². The van der Waals surface area contributed by atoms with Crippen LogP contribution in [-0.4, -0.2) is 29.6 Å². The number of alkyl halides is 3. The molecule has 1 aliphatic carbocycles. The summed E-state index contributed by atoms with van der Waals surface area (Å²) < 4.78 is 40.0. The number of urea groups is 1. The van der Waals surface area contributed by atoms with E-state index in [1.54, 1.807) is 6.92 Å². The number of halogens is 3. The highest BCUT2D eigenvalue weighted by Crippen LogP contribution is 2.30. The third-order valence-corrected chi connectivity index (χ3v) is 3.82. The van der Waals surface area contributed by atoms with Crippen molar-refractivity contribution < 1.29 is 27.8 Å². The molecule has 1 atom stereocenters. The molecule has 5 nitrogen and oxygen atoms in total. The number of hydrogen-bond acceptors (Lipinski definition) is 3. The van der Waals surface area contributed by atoms with E-state index in [-0.39, 0.29) is 12.3 Å². The van der Waals surface area contributed by atoms with Crippen molar-refractivity contribution >= 4 is 6.03 Å². The van der Waals surface area contributed by atoms with Gasteiger partial charge in [-0.2, -0.15) is 0 Å². The summed E-state index contributed by atoms with van der Waals surface area (Å²) in [5.74, 6) is -0.315. The van der Waals surface area contributed by atoms with Crippen molar-refractivity contribution in [1.82, 2.24) is 10.6 Å². The highest BCUT2D eigenvalue weighted by Gasteiger charge is 2.34. The normalized spacial score (nSPS) is 17.8. The fourth-order valence-electron chi connectivity index (χ4n) is 2.30. The van der Waals surface area contributed by atoms with Crippen LogP contribution in [0.1, 0.15) is 37.8 Å². The van der Waals surface area contributed by atoms with E-state index in [1.807, 2.05) is 0 Å². The number of benzene rings is 1. The lowest BCUT2D eigenvalue weighted by molar-refractivity contribution is -0.274. The van der Waals surface area contributed by atoms with Crippen LogP contribution in [0.4, 0.5) is 18.0 Å². The van der Waals surface area contributed by atoms with Crippen LogP contribution in [0.3, 0.4) is 0 Å². The SMILES string of the molecule is CC(NC(=O)NCC1(O)CCC1)c1ccc(OC(F)(F)F)cc1. The van der Waals surface area contributed by atoms with Crippen molar-refractivity contribution in [1.29, 1.82) is 0 Å². The smallest absolute Gasteiger partial charge is 0.406 e. The summed E-state index contributed by atoms with van der Waals surface area (Å²) in [6.45, 7) is 1.89. The van der Waals surface area contributed by atoms with Gasteiger partial charge >= 0.3 is 12.4 Å². The number of rotatable bonds is 5. The number of hydrogen-bond donors (Lipinski definition) is 3. The molecule has 3 N–H and O–H groups in total. The van der Waals surface area contributed by atoms with E-state index in [0.29, 0.717) is 18.4 Å². The van der Waals surface area contributed by atoms with Gasteiger partial charge in [0.1, 0.15) is 5.75 Å². The Balaban J connectivity index is 1.82. The Kier molecular flexibility index (Phi) is 5.03. The van der Waals surface area contributed by atoms with Crippen LogP contribution in [-0.2, 0) is 0 Å². The van der Waals surface area contributed by atoms with Gasteiger partial charge in [0.15, 0.2) is 0 Å². The van der Waals surface area contributed by atoms with Gasteiger partial charge < -0.3 is 20.5 Å². The molecular formula is C15H19F3N2O3. The van der Waals surface area contributed by atoms with Crippen molar-refractivity contribution in [3.8, 4) is 5.75 Å². The first-order valence-electron chi connectivity index (χ1n) is 7.29. The van der Waals surface area contributed by atoms with E-state index in [1.165, 1.54) is 24.3 Å². The summed E-state index contributed by atoms with van der Waals surface area (Å²) >= 11 is 0. The monoisotopic (exact) mass is 332 g/mol. The largest absolute Gasteiger partial charge is 0.573 e. The molecule has 1 unspecified atom stereocenters. The van der Waals surface area contributed by atoms with E-state index < -0.39 is 24.0 Å². The Labute approximate surface area is 131 Å². The lowest BCUT2D eigenvalue weighted by atomic mass is 9.80. The third-order valence-electron chi connectivity index (χ3n) is 3.82. The molecule has 8 heteroatoms. The first kappa shape index (κ1) is 17.4. The molecule has 1 aromatic carbocycles. The van der Waals surface area contributed by atoms with Crippen molar-refractivity contribution in [2.75, 3.05) is 6.54 Å². The quantitative estimate of drug-likeness (QED) is 0.776. The Hall–Kier alpha value is -1.96. The summed E-state index contributed by atoms with van der Waals surface area (Å²) in [5.41, 5.74) is -0.172. The molecule has 1 aromatic rings. The minimum absolute atomic E-state index is 0.184. The van der Waals surface area contributed by atoms with Crippen LogP contribution in [0.15, 0.2) is 24.3 Å². The molecule has 0 saturated heterocycles. The minimum atomic E-state index is -4.73. The molecular weight excluding hydrogens is 313 g/mol. The van der Waals surface area contributed by atoms with Crippen LogP contribution >= 0.6 is 0 Å². The number of aliphatic hydroxyl groups is 1. The highest BCUT2D eigenvalue weighted by molar-refractivity contribution is 5.74. The van der Waals surface area contributed by atoms with Gasteiger partial charge in [0.05, 0.1) is 11.6 Å². The van der Waals surface area contributed by atoms with E-state index in [4.69, 9.17) is 0 Å². The second-order valence-corrected chi connectivity index (χ2v) is 5.74. The van der Waals surface area contributed by atoms with Gasteiger partial charge in [-0.15, -0.1) is 13.2 Å². The van der Waals surface area contributed by atoms with Gasteiger partial charge in [0, 0.05) is 6.54 Å². The number of nitrogens with one attached hydrogen (secondary N) is 2. The number of carbonyl (C=O) groups excluding carboxylic acids is 1. The van der Waals surface area contributed by atoms with E-state index in [9.17, 15) is 23.1 Å². The molecule has 1 saturated carbocycles. The molecule has 0 heterocycles. The van der Waals surface area contributed by atoms with E-state index in [2.05, 4.69) is 15.4 Å². The minimum Gasteiger partial charge on any atom is -0.406 e. The van der Waals surface area contributed by atoms with Gasteiger partial charge in [-0.05, 0) is 43.9 Å². The highest BCUT2D eigenvalue weighted by atomic mass is 19.4. The summed E-state index contributed by atoms with van der Waals surface area (Å²) in [6.07, 6.45) is -2.44. The van der Waals surface area contributed by atoms with Crippen LogP contribution in [0, 0.1) is 0 Å². The number of amides is 2. The Morgan fingerprint density at radius 3 is 2.43 bits per heavy atom. The van der Waals surface area contributed by atoms with E-state index >= 15 is 0 Å². The maximum atomic E-state index is 12.1. The average molecular weight is 332 g/mol. The zero-order chi connectivity index (χ0) is 17.1. The van der Waals surface area contributed by atoms with Crippen LogP contribution in [0.5, 0.6) is 5.75 Å². The molecule has 2 rings (SSSR count). The fourth-order valence-corrected chi connectivity index (χ4v) is 2.30. The molecule has 0 aliphatic heterocycles. The van der Waals surface area contributed by atoms with Crippen molar-refractivity contribution in [3.05, 3.63) is 29.8 Å². The molecule has 2 amide bonds. The third kappa shape index (κ3) is 5.31. The molecule has 0 bridgehead atoms. The lowest BCUT2D eigenvalue weighted by Gasteiger charge is -2.36. The predicted molar refractivity (Wildman–Crippen MR) is 76.9 cm³/mol. The Bertz CT molecular complexity index is 542. The van der Waals surface area contributed by atoms with Crippen LogP contribution in [0.2, 0.25) is 0 Å². The zero-order valence-electron chi connectivity index (χ0n) is 12.6. The van der Waals surface area contributed by atoms with Crippen molar-refractivity contribution in [2.45, 2.75) is 44.2 Å². The molecule has 1 fully saturated rings. The molecule has 1 aliphatic rings. The van der Waals surface area contributed by atoms with Gasteiger partial charge in [0.2, 0.25) is 0 Å². The predicted octanol–water partition coefficient (Wildman–Crippen LogP) is 2.86. The number of carbonyl (C=O) groups is 1. The van der Waals surface area contributed by atoms with Crippen LogP contribution < -0.4 is 15.4 Å². The second-order valence-electron chi connectivity index (χ2n) is 5.74. The van der Waals surface area contributed by atoms with Crippen molar-refractivity contribution in [2.24, 2.45) is 0 Å². The zero-order valence-corrected chi connectivity index (χ0v) is 12.6. The number of ether oxygens (including phenoxy) is 1. The lowest BCUT2D eigenvalue weighted by Crippen LogP contribution is -2.50. The average Bonchev–Trinajstić information content (AvgIpc) is 2.42. The molecule has 23 heavy (non-hydrogen) atoms. The molecule has 128 valence electrons. The molecule has 0 spiro atoms. The second kappa shape index (κ2) is 6.66. The summed E-state index contributed by atoms with van der Waals surface area (Å²) in [5, 5.41) is 15.1. The van der Waals surface area contributed by atoms with Gasteiger partial charge in [-0.25, -0.2) is 4.79 Å². The Morgan fingerprint density at radius 1 is 1.35 bits per heavy atom. The summed E-state index contributed by atoms with van der Waals surface area (Å²) in [7, 11) is 0. The fraction of sp³-hybridized carbons (Fsp3) is 0.533.